The standard InChI is InChI=1S/C28H35N5O4/c1-18-25(31-27(35)30-24-21-11-7-8-12-22(21)28(2,3)15-23(24)34)33(19-9-5-4-6-10-19)32-26(18)37-17-20-16-29-13-14-36-20/h4-12,20,23-24,29,34H,13-17H2,1-3H3,(H2,30,31,35)/t20?,23-,24-/m1/s1. The van der Waals surface area contributed by atoms with Gasteiger partial charge in [-0.3, -0.25) is 5.32 Å². The molecule has 2 amide bonds. The number of para-hydroxylation sites is 1. The SMILES string of the molecule is Cc1c(OCC2CNCCO2)nn(-c2ccccc2)c1NC(=O)N[C@@H]1c2ccccc2C(C)(C)C[C@H]1O. The molecule has 0 spiro atoms. The summed E-state index contributed by atoms with van der Waals surface area (Å²) in [4.78, 5) is 13.3. The van der Waals surface area contributed by atoms with Crippen molar-refractivity contribution in [3.63, 3.8) is 0 Å². The first-order valence-electron chi connectivity index (χ1n) is 12.8. The molecule has 2 aromatic carbocycles. The molecule has 196 valence electrons. The van der Waals surface area contributed by atoms with Crippen LogP contribution in [0, 0.1) is 6.92 Å². The van der Waals surface area contributed by atoms with E-state index in [1.807, 2.05) is 55.5 Å². The maximum Gasteiger partial charge on any atom is 0.320 e. The number of hydrogen-bond acceptors (Lipinski definition) is 6. The minimum atomic E-state index is -0.709. The van der Waals surface area contributed by atoms with E-state index >= 15 is 0 Å². The van der Waals surface area contributed by atoms with E-state index in [0.717, 1.165) is 23.4 Å². The van der Waals surface area contributed by atoms with E-state index in [0.29, 0.717) is 43.4 Å². The Labute approximate surface area is 217 Å². The zero-order chi connectivity index (χ0) is 26.0. The van der Waals surface area contributed by atoms with Gasteiger partial charge in [-0.15, -0.1) is 5.10 Å². The lowest BCUT2D eigenvalue weighted by Gasteiger charge is -2.40. The summed E-state index contributed by atoms with van der Waals surface area (Å²) in [5.41, 5.74) is 3.37. The van der Waals surface area contributed by atoms with E-state index in [4.69, 9.17) is 9.47 Å². The molecule has 1 aliphatic heterocycles. The van der Waals surface area contributed by atoms with Crippen molar-refractivity contribution in [2.45, 2.75) is 50.9 Å². The number of hydrogen-bond donors (Lipinski definition) is 4. The highest BCUT2D eigenvalue weighted by atomic mass is 16.5. The largest absolute Gasteiger partial charge is 0.474 e. The Kier molecular flexibility index (Phi) is 7.19. The monoisotopic (exact) mass is 505 g/mol. The number of aliphatic hydroxyl groups is 1. The number of nitrogens with zero attached hydrogens (tertiary/aromatic N) is 2. The molecule has 2 aliphatic rings. The highest BCUT2D eigenvalue weighted by Crippen LogP contribution is 2.41. The molecule has 5 rings (SSSR count). The van der Waals surface area contributed by atoms with Crippen LogP contribution < -0.4 is 20.7 Å². The maximum absolute atomic E-state index is 13.3. The lowest BCUT2D eigenvalue weighted by atomic mass is 9.70. The van der Waals surface area contributed by atoms with Crippen molar-refractivity contribution in [3.8, 4) is 11.6 Å². The lowest BCUT2D eigenvalue weighted by Crippen LogP contribution is -2.45. The number of amides is 2. The van der Waals surface area contributed by atoms with Gasteiger partial charge in [-0.05, 0) is 42.0 Å². The number of rotatable bonds is 6. The first-order valence-corrected chi connectivity index (χ1v) is 12.8. The Morgan fingerprint density at radius 3 is 2.73 bits per heavy atom. The Morgan fingerprint density at radius 2 is 1.97 bits per heavy atom. The van der Waals surface area contributed by atoms with Gasteiger partial charge >= 0.3 is 6.03 Å². The molecule has 1 saturated heterocycles. The van der Waals surface area contributed by atoms with Gasteiger partial charge in [0.1, 0.15) is 18.5 Å². The average molecular weight is 506 g/mol. The Hall–Kier alpha value is -3.40. The van der Waals surface area contributed by atoms with E-state index in [1.165, 1.54) is 0 Å². The van der Waals surface area contributed by atoms with Crippen LogP contribution in [0.25, 0.3) is 5.69 Å². The highest BCUT2D eigenvalue weighted by molar-refractivity contribution is 5.90. The second kappa shape index (κ2) is 10.5. The van der Waals surface area contributed by atoms with E-state index in [2.05, 4.69) is 41.0 Å². The zero-order valence-electron chi connectivity index (χ0n) is 21.5. The van der Waals surface area contributed by atoms with Crippen molar-refractivity contribution >= 4 is 11.8 Å². The number of anilines is 1. The summed E-state index contributed by atoms with van der Waals surface area (Å²) in [6.07, 6.45) is -0.225. The number of aromatic nitrogens is 2. The van der Waals surface area contributed by atoms with Gasteiger partial charge in [0.15, 0.2) is 0 Å². The molecule has 2 heterocycles. The van der Waals surface area contributed by atoms with Crippen LogP contribution in [0.15, 0.2) is 54.6 Å². The van der Waals surface area contributed by atoms with Crippen molar-refractivity contribution in [2.24, 2.45) is 0 Å². The van der Waals surface area contributed by atoms with Crippen LogP contribution in [-0.2, 0) is 10.2 Å². The number of morpholine rings is 1. The summed E-state index contributed by atoms with van der Waals surface area (Å²) in [7, 11) is 0. The fourth-order valence-corrected chi connectivity index (χ4v) is 5.22. The van der Waals surface area contributed by atoms with Crippen LogP contribution in [0.3, 0.4) is 0 Å². The average Bonchev–Trinajstić information content (AvgIpc) is 3.21. The first kappa shape index (κ1) is 25.3. The van der Waals surface area contributed by atoms with Gasteiger partial charge in [0.05, 0.1) is 30.0 Å². The molecule has 1 aromatic heterocycles. The fraction of sp³-hybridized carbons (Fsp3) is 0.429. The molecule has 37 heavy (non-hydrogen) atoms. The van der Waals surface area contributed by atoms with Gasteiger partial charge in [0.25, 0.3) is 0 Å². The number of urea groups is 1. The molecule has 3 atom stereocenters. The van der Waals surface area contributed by atoms with Gasteiger partial charge in [-0.1, -0.05) is 56.3 Å². The molecular weight excluding hydrogens is 470 g/mol. The van der Waals surface area contributed by atoms with Crippen LogP contribution >= 0.6 is 0 Å². The second-order valence-corrected chi connectivity index (χ2v) is 10.4. The molecule has 0 bridgehead atoms. The number of ether oxygens (including phenoxy) is 2. The predicted octanol–water partition coefficient (Wildman–Crippen LogP) is 3.45. The highest BCUT2D eigenvalue weighted by Gasteiger charge is 2.39. The van der Waals surface area contributed by atoms with Crippen LogP contribution in [0.1, 0.15) is 43.0 Å². The number of fused-ring (bicyclic) bond motifs is 1. The van der Waals surface area contributed by atoms with Gasteiger partial charge in [0, 0.05) is 13.1 Å². The van der Waals surface area contributed by atoms with Crippen molar-refractivity contribution in [1.82, 2.24) is 20.4 Å². The van der Waals surface area contributed by atoms with Gasteiger partial charge in [-0.25, -0.2) is 9.48 Å². The molecule has 0 radical (unpaired) electrons. The number of carbonyl (C=O) groups excluding carboxylic acids is 1. The van der Waals surface area contributed by atoms with Crippen LogP contribution in [0.4, 0.5) is 10.6 Å². The third-order valence-electron chi connectivity index (χ3n) is 7.14. The minimum absolute atomic E-state index is 0.0631. The molecule has 9 nitrogen and oxygen atoms in total. The second-order valence-electron chi connectivity index (χ2n) is 10.4. The summed E-state index contributed by atoms with van der Waals surface area (Å²) in [6, 6.07) is 16.6. The van der Waals surface area contributed by atoms with Crippen LogP contribution in [-0.4, -0.2) is 59.4 Å². The van der Waals surface area contributed by atoms with Crippen molar-refractivity contribution in [3.05, 3.63) is 71.3 Å². The topological polar surface area (TPSA) is 110 Å². The van der Waals surface area contributed by atoms with Crippen LogP contribution in [0.5, 0.6) is 5.88 Å². The molecule has 4 N–H and O–H groups in total. The molecule has 0 saturated carbocycles. The van der Waals surface area contributed by atoms with Gasteiger partial charge in [0.2, 0.25) is 5.88 Å². The summed E-state index contributed by atoms with van der Waals surface area (Å²) in [6.45, 7) is 8.64. The van der Waals surface area contributed by atoms with E-state index in [1.54, 1.807) is 4.68 Å². The van der Waals surface area contributed by atoms with Crippen molar-refractivity contribution in [1.29, 1.82) is 0 Å². The zero-order valence-corrected chi connectivity index (χ0v) is 21.5. The van der Waals surface area contributed by atoms with Crippen LogP contribution in [0.2, 0.25) is 0 Å². The number of benzene rings is 2. The van der Waals surface area contributed by atoms with E-state index in [9.17, 15) is 9.90 Å². The number of nitrogens with one attached hydrogen (secondary N) is 3. The normalized spacial score (nSPS) is 22.6. The quantitative estimate of drug-likeness (QED) is 0.409. The van der Waals surface area contributed by atoms with Gasteiger partial charge in [-0.2, -0.15) is 0 Å². The smallest absolute Gasteiger partial charge is 0.320 e. The summed E-state index contributed by atoms with van der Waals surface area (Å²) < 4.78 is 13.4. The van der Waals surface area contributed by atoms with Crippen molar-refractivity contribution < 1.29 is 19.4 Å². The Balaban J connectivity index is 1.38. The van der Waals surface area contributed by atoms with Crippen molar-refractivity contribution in [2.75, 3.05) is 31.6 Å². The Morgan fingerprint density at radius 1 is 1.22 bits per heavy atom. The lowest BCUT2D eigenvalue weighted by molar-refractivity contribution is -0.000938. The predicted molar refractivity (Wildman–Crippen MR) is 141 cm³/mol. The summed E-state index contributed by atoms with van der Waals surface area (Å²) >= 11 is 0. The summed E-state index contributed by atoms with van der Waals surface area (Å²) in [5, 5.41) is 24.9. The molecule has 1 aliphatic carbocycles. The van der Waals surface area contributed by atoms with E-state index in [-0.39, 0.29) is 11.5 Å². The molecule has 3 aromatic rings. The fourth-order valence-electron chi connectivity index (χ4n) is 5.22. The molecular formula is C28H35N5O4. The number of carbonyl (C=O) groups is 1. The first-order chi connectivity index (χ1) is 17.8. The minimum Gasteiger partial charge on any atom is -0.474 e. The molecule has 1 unspecified atom stereocenters. The molecule has 1 fully saturated rings. The van der Waals surface area contributed by atoms with E-state index < -0.39 is 18.2 Å². The third-order valence-corrected chi connectivity index (χ3v) is 7.14. The summed E-state index contributed by atoms with van der Waals surface area (Å²) in [5.74, 6) is 0.929. The third kappa shape index (κ3) is 5.34. The molecule has 9 heteroatoms. The van der Waals surface area contributed by atoms with Gasteiger partial charge < -0.3 is 25.2 Å². The Bertz CT molecular complexity index is 1240. The maximum atomic E-state index is 13.3. The number of aliphatic hydroxyl groups excluding tert-OH is 1.